The molecule has 25 heavy (non-hydrogen) atoms. The number of carbonyl (C=O) groups excluding carboxylic acids is 1. The van der Waals surface area contributed by atoms with Gasteiger partial charge in [-0.15, -0.1) is 0 Å². The second-order valence-corrected chi connectivity index (χ2v) is 7.68. The molecule has 3 rings (SSSR count). The van der Waals surface area contributed by atoms with Crippen LogP contribution in [0.1, 0.15) is 44.6 Å². The lowest BCUT2D eigenvalue weighted by atomic mass is 9.80. The lowest BCUT2D eigenvalue weighted by molar-refractivity contribution is -0.135. The molecule has 0 N–H and O–H groups in total. The zero-order chi connectivity index (χ0) is 17.8. The molecule has 0 saturated carbocycles. The number of methoxy groups -OCH3 is 1. The Morgan fingerprint density at radius 3 is 2.72 bits per heavy atom. The van der Waals surface area contributed by atoms with Crippen LogP contribution in [0.15, 0.2) is 42.0 Å². The Kier molecular flexibility index (Phi) is 5.95. The van der Waals surface area contributed by atoms with Gasteiger partial charge in [0, 0.05) is 18.2 Å². The van der Waals surface area contributed by atoms with Crippen LogP contribution in [-0.4, -0.2) is 37.1 Å². The fourth-order valence-electron chi connectivity index (χ4n) is 4.89. The molecule has 0 aromatic heterocycles. The molecule has 0 spiro atoms. The summed E-state index contributed by atoms with van der Waals surface area (Å²) in [4.78, 5) is 14.5. The van der Waals surface area contributed by atoms with Crippen LogP contribution in [-0.2, 0) is 16.0 Å². The third-order valence-corrected chi connectivity index (χ3v) is 6.21. The van der Waals surface area contributed by atoms with Crippen molar-refractivity contribution in [3.63, 3.8) is 0 Å². The van der Waals surface area contributed by atoms with Crippen molar-refractivity contribution in [3.05, 3.63) is 47.5 Å². The van der Waals surface area contributed by atoms with Crippen LogP contribution >= 0.6 is 0 Å². The lowest BCUT2D eigenvalue weighted by Crippen LogP contribution is -2.43. The summed E-state index contributed by atoms with van der Waals surface area (Å²) in [6, 6.07) is 11.7. The summed E-state index contributed by atoms with van der Waals surface area (Å²) in [5.41, 5.74) is 2.64. The first-order valence-corrected chi connectivity index (χ1v) is 9.69. The minimum atomic E-state index is -0.211. The van der Waals surface area contributed by atoms with Crippen LogP contribution in [0.3, 0.4) is 0 Å². The zero-order valence-electron chi connectivity index (χ0n) is 15.8. The Labute approximate surface area is 152 Å². The molecule has 0 amide bonds. The fraction of sp³-hybridized carbons (Fsp3) is 0.591. The molecule has 1 aromatic rings. The Morgan fingerprint density at radius 2 is 2.04 bits per heavy atom. The highest BCUT2D eigenvalue weighted by molar-refractivity contribution is 5.83. The van der Waals surface area contributed by atoms with Crippen molar-refractivity contribution in [1.29, 1.82) is 0 Å². The first-order chi connectivity index (χ1) is 12.1. The molecule has 0 aliphatic carbocycles. The number of esters is 1. The van der Waals surface area contributed by atoms with Crippen LogP contribution < -0.4 is 0 Å². The van der Waals surface area contributed by atoms with Crippen molar-refractivity contribution in [3.8, 4) is 0 Å². The van der Waals surface area contributed by atoms with E-state index in [2.05, 4.69) is 49.2 Å². The van der Waals surface area contributed by atoms with Gasteiger partial charge in [-0.3, -0.25) is 4.90 Å². The maximum Gasteiger partial charge on any atom is 0.330 e. The van der Waals surface area contributed by atoms with E-state index in [0.717, 1.165) is 18.8 Å². The van der Waals surface area contributed by atoms with Crippen molar-refractivity contribution in [2.45, 2.75) is 57.5 Å². The van der Waals surface area contributed by atoms with E-state index < -0.39 is 0 Å². The number of carbonyl (C=O) groups is 1. The smallest absolute Gasteiger partial charge is 0.330 e. The number of likely N-dealkylation sites (N-methyl/N-ethyl adjacent to an activating group) is 1. The van der Waals surface area contributed by atoms with E-state index in [1.807, 2.05) is 0 Å². The quantitative estimate of drug-likeness (QED) is 0.573. The molecular formula is C22H31NO2. The molecule has 2 bridgehead atoms. The normalized spacial score (nSPS) is 30.6. The molecule has 2 saturated heterocycles. The van der Waals surface area contributed by atoms with Gasteiger partial charge >= 0.3 is 5.97 Å². The maximum atomic E-state index is 12.0. The second kappa shape index (κ2) is 8.18. The zero-order valence-corrected chi connectivity index (χ0v) is 15.8. The second-order valence-electron chi connectivity index (χ2n) is 7.68. The highest BCUT2D eigenvalue weighted by Gasteiger charge is 2.47. The third kappa shape index (κ3) is 3.98. The van der Waals surface area contributed by atoms with Gasteiger partial charge in [0.05, 0.1) is 7.11 Å². The van der Waals surface area contributed by atoms with Gasteiger partial charge in [-0.1, -0.05) is 50.1 Å². The molecule has 1 aromatic carbocycles. The summed E-state index contributed by atoms with van der Waals surface area (Å²) in [6.45, 7) is 2.27. The number of hydrogen-bond donors (Lipinski definition) is 0. The Hall–Kier alpha value is -1.61. The van der Waals surface area contributed by atoms with Crippen LogP contribution in [0.4, 0.5) is 0 Å². The van der Waals surface area contributed by atoms with Gasteiger partial charge in [0.25, 0.3) is 0 Å². The number of piperidine rings is 1. The lowest BCUT2D eigenvalue weighted by Gasteiger charge is -2.39. The topological polar surface area (TPSA) is 29.5 Å². The molecule has 136 valence electrons. The number of rotatable bonds is 6. The number of benzene rings is 1. The molecular weight excluding hydrogens is 310 g/mol. The number of nitrogens with zero attached hydrogens (tertiary/aromatic N) is 1. The fourth-order valence-corrected chi connectivity index (χ4v) is 4.89. The van der Waals surface area contributed by atoms with Gasteiger partial charge in [0.15, 0.2) is 0 Å². The predicted molar refractivity (Wildman–Crippen MR) is 101 cm³/mol. The SMILES string of the molecule is CCCC[C@@H]1C[C@@H]2/C(=C/C(=O)OC)[C@@H](Cc3ccccc3)C[C@H]1N2C. The number of ether oxygens (including phenoxy) is 1. The van der Waals surface area contributed by atoms with E-state index >= 15 is 0 Å². The molecule has 2 heterocycles. The van der Waals surface area contributed by atoms with Crippen LogP contribution in [0.25, 0.3) is 0 Å². The number of hydrogen-bond acceptors (Lipinski definition) is 3. The summed E-state index contributed by atoms with van der Waals surface area (Å²) in [7, 11) is 3.71. The predicted octanol–water partition coefficient (Wildman–Crippen LogP) is 4.23. The van der Waals surface area contributed by atoms with Gasteiger partial charge in [-0.05, 0) is 55.7 Å². The summed E-state index contributed by atoms with van der Waals surface area (Å²) in [5, 5.41) is 0. The van der Waals surface area contributed by atoms with Crippen LogP contribution in [0.5, 0.6) is 0 Å². The van der Waals surface area contributed by atoms with Gasteiger partial charge in [0.1, 0.15) is 0 Å². The largest absolute Gasteiger partial charge is 0.466 e. The summed E-state index contributed by atoms with van der Waals surface area (Å²) in [5.74, 6) is 0.994. The molecule has 0 radical (unpaired) electrons. The standard InChI is InChI=1S/C22H31NO2/c1-4-5-11-17-13-21-19(15-22(24)25-3)18(14-20(17)23(21)2)12-16-9-7-6-8-10-16/h6-10,15,17-18,20-21H,4-5,11-14H2,1-3H3/b19-15+/t17-,18+,20-,21-/m1/s1. The molecule has 2 aliphatic heterocycles. The Morgan fingerprint density at radius 1 is 1.28 bits per heavy atom. The molecule has 4 atom stereocenters. The van der Waals surface area contributed by atoms with Gasteiger partial charge in [0.2, 0.25) is 0 Å². The van der Waals surface area contributed by atoms with Crippen molar-refractivity contribution < 1.29 is 9.53 Å². The molecule has 2 fully saturated rings. The van der Waals surface area contributed by atoms with Crippen molar-refractivity contribution in [1.82, 2.24) is 4.90 Å². The summed E-state index contributed by atoms with van der Waals surface area (Å²) < 4.78 is 4.95. The Balaban J connectivity index is 1.85. The highest BCUT2D eigenvalue weighted by Crippen LogP contribution is 2.46. The minimum absolute atomic E-state index is 0.211. The summed E-state index contributed by atoms with van der Waals surface area (Å²) in [6.07, 6.45) is 9.02. The average molecular weight is 341 g/mol. The summed E-state index contributed by atoms with van der Waals surface area (Å²) >= 11 is 0. The highest BCUT2D eigenvalue weighted by atomic mass is 16.5. The van der Waals surface area contributed by atoms with Crippen molar-refractivity contribution in [2.75, 3.05) is 14.2 Å². The molecule has 3 heteroatoms. The van der Waals surface area contributed by atoms with Crippen LogP contribution in [0, 0.1) is 11.8 Å². The number of unbranched alkanes of at least 4 members (excludes halogenated alkanes) is 1. The van der Waals surface area contributed by atoms with Crippen molar-refractivity contribution in [2.24, 2.45) is 11.8 Å². The Bertz CT molecular complexity index is 610. The van der Waals surface area contributed by atoms with E-state index in [9.17, 15) is 4.79 Å². The molecule has 3 nitrogen and oxygen atoms in total. The first-order valence-electron chi connectivity index (χ1n) is 9.69. The van der Waals surface area contributed by atoms with Crippen molar-refractivity contribution >= 4 is 5.97 Å². The van der Waals surface area contributed by atoms with E-state index in [-0.39, 0.29) is 5.97 Å². The van der Waals surface area contributed by atoms with E-state index in [4.69, 9.17) is 4.74 Å². The van der Waals surface area contributed by atoms with Crippen LogP contribution in [0.2, 0.25) is 0 Å². The monoisotopic (exact) mass is 341 g/mol. The van der Waals surface area contributed by atoms with Gasteiger partial charge in [-0.25, -0.2) is 4.79 Å². The number of fused-ring (bicyclic) bond motifs is 2. The maximum absolute atomic E-state index is 12.0. The van der Waals surface area contributed by atoms with E-state index in [1.54, 1.807) is 6.08 Å². The average Bonchev–Trinajstić information content (AvgIpc) is 2.84. The van der Waals surface area contributed by atoms with E-state index in [0.29, 0.717) is 18.0 Å². The third-order valence-electron chi connectivity index (χ3n) is 6.21. The van der Waals surface area contributed by atoms with E-state index in [1.165, 1.54) is 43.9 Å². The molecule has 0 unspecified atom stereocenters. The van der Waals surface area contributed by atoms with Gasteiger partial charge < -0.3 is 4.74 Å². The molecule has 2 aliphatic rings. The van der Waals surface area contributed by atoms with Gasteiger partial charge in [-0.2, -0.15) is 0 Å². The first kappa shape index (κ1) is 18.2. The minimum Gasteiger partial charge on any atom is -0.466 e.